The molecule has 0 bridgehead atoms. The molecule has 2 aromatic carbocycles. The van der Waals surface area contributed by atoms with Crippen LogP contribution in [0.5, 0.6) is 5.75 Å². The van der Waals surface area contributed by atoms with E-state index in [1.165, 1.54) is 6.21 Å². The molecule has 0 atom stereocenters. The lowest BCUT2D eigenvalue weighted by Gasteiger charge is -2.06. The molecule has 0 saturated heterocycles. The summed E-state index contributed by atoms with van der Waals surface area (Å²) >= 11 is 3.35. The average molecular weight is 434 g/mol. The van der Waals surface area contributed by atoms with Gasteiger partial charge in [0.15, 0.2) is 6.61 Å². The smallest absolute Gasteiger partial charge is 0.344 e. The van der Waals surface area contributed by atoms with Crippen LogP contribution < -0.4 is 15.5 Å². The van der Waals surface area contributed by atoms with Crippen molar-refractivity contribution in [2.24, 2.45) is 5.10 Å². The normalized spacial score (nSPS) is 10.4. The first kappa shape index (κ1) is 20.4. The average Bonchev–Trinajstić information content (AvgIpc) is 2.67. The molecule has 0 radical (unpaired) electrons. The maximum Gasteiger partial charge on any atom is 0.344 e. The molecule has 27 heavy (non-hydrogen) atoms. The largest absolute Gasteiger partial charge is 0.482 e. The molecular formula is C19H20BrN3O4. The number of halogens is 1. The summed E-state index contributed by atoms with van der Waals surface area (Å²) in [6.45, 7) is 2.03. The second kappa shape index (κ2) is 11.0. The zero-order valence-corrected chi connectivity index (χ0v) is 16.4. The molecule has 2 N–H and O–H groups in total. The van der Waals surface area contributed by atoms with Crippen molar-refractivity contribution in [3.63, 3.8) is 0 Å². The highest BCUT2D eigenvalue weighted by molar-refractivity contribution is 9.10. The molecule has 0 heterocycles. The maximum atomic E-state index is 11.8. The number of hydrogen-bond acceptors (Lipinski definition) is 6. The predicted molar refractivity (Wildman–Crippen MR) is 107 cm³/mol. The highest BCUT2D eigenvalue weighted by Crippen LogP contribution is 2.13. The third-order valence-electron chi connectivity index (χ3n) is 3.24. The number of carbonyl (C=O) groups is 2. The lowest BCUT2D eigenvalue weighted by Crippen LogP contribution is -2.25. The number of hydrogen-bond donors (Lipinski definition) is 2. The van der Waals surface area contributed by atoms with Crippen molar-refractivity contribution in [3.8, 4) is 5.75 Å². The molecule has 0 aliphatic rings. The summed E-state index contributed by atoms with van der Waals surface area (Å²) in [5.74, 6) is -0.130. The Balaban J connectivity index is 1.72. The van der Waals surface area contributed by atoms with E-state index in [1.807, 2.05) is 24.3 Å². The summed E-state index contributed by atoms with van der Waals surface area (Å²) < 4.78 is 11.1. The molecule has 8 heteroatoms. The third-order valence-corrected chi connectivity index (χ3v) is 3.77. The van der Waals surface area contributed by atoms with Crippen LogP contribution in [0, 0.1) is 0 Å². The molecule has 7 nitrogen and oxygen atoms in total. The molecule has 2 aromatic rings. The fourth-order valence-corrected chi connectivity index (χ4v) is 2.23. The Hall–Kier alpha value is -2.87. The van der Waals surface area contributed by atoms with Crippen molar-refractivity contribution in [2.75, 3.05) is 25.1 Å². The van der Waals surface area contributed by atoms with Gasteiger partial charge in [-0.3, -0.25) is 4.79 Å². The van der Waals surface area contributed by atoms with Gasteiger partial charge in [0, 0.05) is 10.2 Å². The van der Waals surface area contributed by atoms with Gasteiger partial charge >= 0.3 is 5.97 Å². The second-order valence-electron chi connectivity index (χ2n) is 5.32. The molecule has 0 aromatic heterocycles. The van der Waals surface area contributed by atoms with Crippen molar-refractivity contribution >= 4 is 39.7 Å². The van der Waals surface area contributed by atoms with E-state index >= 15 is 0 Å². The van der Waals surface area contributed by atoms with Crippen LogP contribution in [-0.2, 0) is 14.3 Å². The van der Waals surface area contributed by atoms with Crippen molar-refractivity contribution in [1.29, 1.82) is 0 Å². The summed E-state index contributed by atoms with van der Waals surface area (Å²) in [7, 11) is 0. The van der Waals surface area contributed by atoms with Crippen LogP contribution in [0.2, 0.25) is 0 Å². The van der Waals surface area contributed by atoms with E-state index in [1.54, 1.807) is 31.2 Å². The summed E-state index contributed by atoms with van der Waals surface area (Å²) in [5.41, 5.74) is 4.07. The van der Waals surface area contributed by atoms with E-state index < -0.39 is 5.97 Å². The molecule has 142 valence electrons. The number of esters is 1. The van der Waals surface area contributed by atoms with Crippen LogP contribution in [-0.4, -0.2) is 37.8 Å². The monoisotopic (exact) mass is 433 g/mol. The van der Waals surface area contributed by atoms with Crippen molar-refractivity contribution in [1.82, 2.24) is 5.43 Å². The first-order valence-electron chi connectivity index (χ1n) is 8.26. The Morgan fingerprint density at radius 2 is 1.81 bits per heavy atom. The fraction of sp³-hybridized carbons (Fsp3) is 0.211. The van der Waals surface area contributed by atoms with Crippen LogP contribution in [0.15, 0.2) is 58.1 Å². The predicted octanol–water partition coefficient (Wildman–Crippen LogP) is 2.95. The zero-order valence-electron chi connectivity index (χ0n) is 14.8. The third kappa shape index (κ3) is 7.91. The number of carbonyl (C=O) groups excluding carboxylic acids is 2. The Kier molecular flexibility index (Phi) is 8.31. The number of amides is 1. The second-order valence-corrected chi connectivity index (χ2v) is 6.23. The Morgan fingerprint density at radius 1 is 1.11 bits per heavy atom. The van der Waals surface area contributed by atoms with Crippen LogP contribution in [0.25, 0.3) is 0 Å². The van der Waals surface area contributed by atoms with Gasteiger partial charge in [-0.25, -0.2) is 10.2 Å². The Morgan fingerprint density at radius 3 is 2.48 bits per heavy atom. The highest BCUT2D eigenvalue weighted by atomic mass is 79.9. The van der Waals surface area contributed by atoms with Crippen LogP contribution in [0.1, 0.15) is 12.5 Å². The molecule has 0 saturated carbocycles. The Bertz CT molecular complexity index is 777. The number of anilines is 1. The number of nitrogens with zero attached hydrogens (tertiary/aromatic N) is 1. The number of benzene rings is 2. The zero-order chi connectivity index (χ0) is 19.5. The first-order chi connectivity index (χ1) is 13.1. The molecule has 0 unspecified atom stereocenters. The van der Waals surface area contributed by atoms with Gasteiger partial charge in [-0.15, -0.1) is 0 Å². The van der Waals surface area contributed by atoms with E-state index in [4.69, 9.17) is 9.47 Å². The van der Waals surface area contributed by atoms with Crippen LogP contribution in [0.4, 0.5) is 5.69 Å². The molecular weight excluding hydrogens is 414 g/mol. The fourth-order valence-electron chi connectivity index (χ4n) is 1.96. The van der Waals surface area contributed by atoms with Gasteiger partial charge in [0.1, 0.15) is 5.75 Å². The summed E-state index contributed by atoms with van der Waals surface area (Å²) in [4.78, 5) is 23.0. The SMILES string of the molecule is CCOC(=O)COc1ccc(/C=N\NC(=O)CNc2ccc(Br)cc2)cc1. The van der Waals surface area contributed by atoms with Gasteiger partial charge in [0.25, 0.3) is 5.91 Å². The van der Waals surface area contributed by atoms with Crippen molar-refractivity contribution in [2.45, 2.75) is 6.92 Å². The topological polar surface area (TPSA) is 89.0 Å². The number of nitrogens with one attached hydrogen (secondary N) is 2. The van der Waals surface area contributed by atoms with E-state index in [0.29, 0.717) is 12.4 Å². The van der Waals surface area contributed by atoms with E-state index in [-0.39, 0.29) is 19.1 Å². The summed E-state index contributed by atoms with van der Waals surface area (Å²) in [6, 6.07) is 14.4. The minimum Gasteiger partial charge on any atom is -0.482 e. The van der Waals surface area contributed by atoms with Gasteiger partial charge in [0.05, 0.1) is 19.4 Å². The molecule has 0 aliphatic heterocycles. The minimum atomic E-state index is -0.414. The standard InChI is InChI=1S/C19H20BrN3O4/c1-2-26-19(25)13-27-17-9-3-14(4-10-17)11-22-23-18(24)12-21-16-7-5-15(20)6-8-16/h3-11,21H,2,12-13H2,1H3,(H,23,24)/b22-11-. The van der Waals surface area contributed by atoms with Crippen LogP contribution in [0.3, 0.4) is 0 Å². The van der Waals surface area contributed by atoms with Gasteiger partial charge in [-0.05, 0) is 61.0 Å². The summed E-state index contributed by atoms with van der Waals surface area (Å²) in [6.07, 6.45) is 1.52. The number of rotatable bonds is 9. The lowest BCUT2D eigenvalue weighted by molar-refractivity contribution is -0.145. The minimum absolute atomic E-state index is 0.111. The van der Waals surface area contributed by atoms with E-state index in [2.05, 4.69) is 31.8 Å². The number of ether oxygens (including phenoxy) is 2. The quantitative estimate of drug-likeness (QED) is 0.360. The molecule has 0 aliphatic carbocycles. The summed E-state index contributed by atoms with van der Waals surface area (Å²) in [5, 5.41) is 6.91. The van der Waals surface area contributed by atoms with Crippen LogP contribution >= 0.6 is 15.9 Å². The van der Waals surface area contributed by atoms with Crippen molar-refractivity contribution < 1.29 is 19.1 Å². The van der Waals surface area contributed by atoms with E-state index in [0.717, 1.165) is 15.7 Å². The molecule has 0 spiro atoms. The molecule has 0 fully saturated rings. The van der Waals surface area contributed by atoms with Gasteiger partial charge in [-0.2, -0.15) is 5.10 Å². The molecule has 2 rings (SSSR count). The van der Waals surface area contributed by atoms with Gasteiger partial charge < -0.3 is 14.8 Å². The first-order valence-corrected chi connectivity index (χ1v) is 9.06. The van der Waals surface area contributed by atoms with E-state index in [9.17, 15) is 9.59 Å². The molecule has 1 amide bonds. The highest BCUT2D eigenvalue weighted by Gasteiger charge is 2.03. The van der Waals surface area contributed by atoms with Gasteiger partial charge in [0.2, 0.25) is 0 Å². The lowest BCUT2D eigenvalue weighted by atomic mass is 10.2. The Labute approximate surface area is 165 Å². The number of hydrazone groups is 1. The van der Waals surface area contributed by atoms with Crippen molar-refractivity contribution in [3.05, 3.63) is 58.6 Å². The maximum absolute atomic E-state index is 11.8. The van der Waals surface area contributed by atoms with Gasteiger partial charge in [-0.1, -0.05) is 15.9 Å².